The lowest BCUT2D eigenvalue weighted by molar-refractivity contribution is -0.0272. The monoisotopic (exact) mass is 250 g/mol. The third-order valence-corrected chi connectivity index (χ3v) is 2.69. The van der Waals surface area contributed by atoms with Crippen LogP contribution < -0.4 is 4.74 Å². The lowest BCUT2D eigenvalue weighted by atomic mass is 10.2. The maximum atomic E-state index is 5.21. The van der Waals surface area contributed by atoms with Gasteiger partial charge in [0.05, 0.1) is 20.3 Å². The van der Waals surface area contributed by atoms with Crippen LogP contribution in [0, 0.1) is 6.92 Å². The highest BCUT2D eigenvalue weighted by molar-refractivity contribution is 5.80. The predicted octanol–water partition coefficient (Wildman–Crippen LogP) is 1.74. The molecule has 0 amide bonds. The molecule has 0 aliphatic carbocycles. The summed E-state index contributed by atoms with van der Waals surface area (Å²) in [6.07, 6.45) is 1.75. The molecule has 1 aliphatic rings. The van der Waals surface area contributed by atoms with Crippen LogP contribution in [0.5, 0.6) is 5.88 Å². The van der Waals surface area contributed by atoms with Crippen LogP contribution in [0.25, 0.3) is 11.0 Å². The van der Waals surface area contributed by atoms with E-state index in [-0.39, 0.29) is 6.04 Å². The standard InChI is InChI=1S/C10H12N4O2.C2H6/c1-6-11-3-8-9(12-6)14(7-4-16-5-7)13-10(8)15-2;1-2/h3,7H,4-5H2,1-2H3;1-2H3. The highest BCUT2D eigenvalue weighted by Crippen LogP contribution is 2.27. The second-order valence-electron chi connectivity index (χ2n) is 3.80. The number of rotatable bonds is 2. The van der Waals surface area contributed by atoms with Gasteiger partial charge in [0.2, 0.25) is 5.88 Å². The Morgan fingerprint density at radius 2 is 2.11 bits per heavy atom. The quantitative estimate of drug-likeness (QED) is 0.812. The molecule has 0 spiro atoms. The number of nitrogens with zero attached hydrogens (tertiary/aromatic N) is 4. The summed E-state index contributed by atoms with van der Waals surface area (Å²) < 4.78 is 12.2. The average Bonchev–Trinajstić information content (AvgIpc) is 2.68. The van der Waals surface area contributed by atoms with Crippen LogP contribution in [0.4, 0.5) is 0 Å². The van der Waals surface area contributed by atoms with E-state index in [1.807, 2.05) is 25.5 Å². The van der Waals surface area contributed by atoms with E-state index in [0.29, 0.717) is 19.1 Å². The first kappa shape index (κ1) is 12.8. The van der Waals surface area contributed by atoms with Gasteiger partial charge in [-0.1, -0.05) is 13.8 Å². The van der Waals surface area contributed by atoms with E-state index in [1.54, 1.807) is 13.3 Å². The van der Waals surface area contributed by atoms with Crippen LogP contribution >= 0.6 is 0 Å². The van der Waals surface area contributed by atoms with Crippen molar-refractivity contribution in [2.75, 3.05) is 20.3 Å². The molecular formula is C12H18N4O2. The van der Waals surface area contributed by atoms with E-state index in [4.69, 9.17) is 9.47 Å². The smallest absolute Gasteiger partial charge is 0.243 e. The summed E-state index contributed by atoms with van der Waals surface area (Å²) in [5, 5.41) is 5.23. The molecule has 3 rings (SSSR count). The SMILES string of the molecule is CC.COc1nn(C2COC2)c2nc(C)ncc12. The summed E-state index contributed by atoms with van der Waals surface area (Å²) in [6, 6.07) is 0.265. The fourth-order valence-electron chi connectivity index (χ4n) is 1.75. The van der Waals surface area contributed by atoms with E-state index in [9.17, 15) is 0 Å². The predicted molar refractivity (Wildman–Crippen MR) is 67.8 cm³/mol. The second kappa shape index (κ2) is 5.30. The number of aryl methyl sites for hydroxylation is 1. The molecular weight excluding hydrogens is 232 g/mol. The van der Waals surface area contributed by atoms with Crippen molar-refractivity contribution < 1.29 is 9.47 Å². The third kappa shape index (κ3) is 2.03. The molecule has 6 nitrogen and oxygen atoms in total. The van der Waals surface area contributed by atoms with Crippen molar-refractivity contribution in [1.29, 1.82) is 0 Å². The van der Waals surface area contributed by atoms with Gasteiger partial charge >= 0.3 is 0 Å². The molecule has 0 atom stereocenters. The molecule has 6 heteroatoms. The first-order valence-corrected chi connectivity index (χ1v) is 6.13. The number of methoxy groups -OCH3 is 1. The highest BCUT2D eigenvalue weighted by Gasteiger charge is 2.25. The number of ether oxygens (including phenoxy) is 2. The van der Waals surface area contributed by atoms with Crippen LogP contribution in [-0.4, -0.2) is 40.1 Å². The van der Waals surface area contributed by atoms with Crippen LogP contribution in [-0.2, 0) is 4.74 Å². The van der Waals surface area contributed by atoms with Crippen molar-refractivity contribution >= 4 is 11.0 Å². The van der Waals surface area contributed by atoms with Crippen molar-refractivity contribution in [3.05, 3.63) is 12.0 Å². The van der Waals surface area contributed by atoms with Gasteiger partial charge in [-0.25, -0.2) is 14.6 Å². The van der Waals surface area contributed by atoms with Crippen LogP contribution in [0.15, 0.2) is 6.20 Å². The van der Waals surface area contributed by atoms with E-state index in [0.717, 1.165) is 16.9 Å². The molecule has 1 saturated heterocycles. The number of fused-ring (bicyclic) bond motifs is 1. The Morgan fingerprint density at radius 3 is 2.67 bits per heavy atom. The molecule has 2 aromatic heterocycles. The molecule has 1 aliphatic heterocycles. The maximum Gasteiger partial charge on any atom is 0.243 e. The Balaban J connectivity index is 0.000000574. The van der Waals surface area contributed by atoms with Gasteiger partial charge in [0.15, 0.2) is 5.65 Å². The normalized spacial score (nSPS) is 14.9. The van der Waals surface area contributed by atoms with Gasteiger partial charge in [0, 0.05) is 6.20 Å². The van der Waals surface area contributed by atoms with Crippen molar-refractivity contribution in [2.45, 2.75) is 26.8 Å². The van der Waals surface area contributed by atoms with Crippen molar-refractivity contribution in [3.63, 3.8) is 0 Å². The van der Waals surface area contributed by atoms with Gasteiger partial charge in [0.1, 0.15) is 17.3 Å². The van der Waals surface area contributed by atoms with Crippen molar-refractivity contribution in [2.24, 2.45) is 0 Å². The van der Waals surface area contributed by atoms with E-state index < -0.39 is 0 Å². The van der Waals surface area contributed by atoms with Gasteiger partial charge in [-0.05, 0) is 6.92 Å². The molecule has 2 aromatic rings. The summed E-state index contributed by atoms with van der Waals surface area (Å²) in [5.74, 6) is 1.30. The minimum Gasteiger partial charge on any atom is -0.479 e. The van der Waals surface area contributed by atoms with Crippen LogP contribution in [0.2, 0.25) is 0 Å². The largest absolute Gasteiger partial charge is 0.479 e. The van der Waals surface area contributed by atoms with Gasteiger partial charge in [-0.3, -0.25) is 0 Å². The highest BCUT2D eigenvalue weighted by atomic mass is 16.5. The minimum atomic E-state index is 0.265. The molecule has 18 heavy (non-hydrogen) atoms. The summed E-state index contributed by atoms with van der Waals surface area (Å²) in [7, 11) is 1.60. The van der Waals surface area contributed by atoms with E-state index >= 15 is 0 Å². The van der Waals surface area contributed by atoms with Crippen LogP contribution in [0.3, 0.4) is 0 Å². The van der Waals surface area contributed by atoms with Gasteiger partial charge in [-0.15, -0.1) is 5.10 Å². The topological polar surface area (TPSA) is 62.1 Å². The lowest BCUT2D eigenvalue weighted by Crippen LogP contribution is -2.31. The minimum absolute atomic E-state index is 0.265. The molecule has 0 radical (unpaired) electrons. The molecule has 98 valence electrons. The van der Waals surface area contributed by atoms with Crippen molar-refractivity contribution in [3.8, 4) is 5.88 Å². The Hall–Kier alpha value is -1.69. The Labute approximate surface area is 106 Å². The zero-order chi connectivity index (χ0) is 13.1. The Kier molecular flexibility index (Phi) is 3.76. The molecule has 0 saturated carbocycles. The fourth-order valence-corrected chi connectivity index (χ4v) is 1.75. The van der Waals surface area contributed by atoms with E-state index in [2.05, 4.69) is 15.1 Å². The zero-order valence-electron chi connectivity index (χ0n) is 11.2. The summed E-state index contributed by atoms with van der Waals surface area (Å²) >= 11 is 0. The second-order valence-corrected chi connectivity index (χ2v) is 3.80. The Bertz CT molecular complexity index is 534. The van der Waals surface area contributed by atoms with Gasteiger partial charge in [-0.2, -0.15) is 0 Å². The fraction of sp³-hybridized carbons (Fsp3) is 0.583. The summed E-state index contributed by atoms with van der Waals surface area (Å²) in [4.78, 5) is 8.56. The maximum absolute atomic E-state index is 5.21. The van der Waals surface area contributed by atoms with Gasteiger partial charge < -0.3 is 9.47 Å². The number of aromatic nitrogens is 4. The Morgan fingerprint density at radius 1 is 1.39 bits per heavy atom. The zero-order valence-corrected chi connectivity index (χ0v) is 11.2. The van der Waals surface area contributed by atoms with Gasteiger partial charge in [0.25, 0.3) is 0 Å². The lowest BCUT2D eigenvalue weighted by Gasteiger charge is -2.26. The van der Waals surface area contributed by atoms with Crippen molar-refractivity contribution in [1.82, 2.24) is 19.7 Å². The molecule has 3 heterocycles. The summed E-state index contributed by atoms with van der Waals surface area (Å²) in [5.41, 5.74) is 0.817. The molecule has 0 N–H and O–H groups in total. The number of hydrogen-bond donors (Lipinski definition) is 0. The third-order valence-electron chi connectivity index (χ3n) is 2.69. The molecule has 0 aromatic carbocycles. The first-order chi connectivity index (χ1) is 8.79. The average molecular weight is 250 g/mol. The molecule has 0 bridgehead atoms. The molecule has 1 fully saturated rings. The first-order valence-electron chi connectivity index (χ1n) is 6.13. The van der Waals surface area contributed by atoms with Crippen LogP contribution in [0.1, 0.15) is 25.7 Å². The van der Waals surface area contributed by atoms with E-state index in [1.165, 1.54) is 0 Å². The summed E-state index contributed by atoms with van der Waals surface area (Å²) in [6.45, 7) is 7.23. The number of hydrogen-bond acceptors (Lipinski definition) is 5. The molecule has 0 unspecified atom stereocenters.